The summed E-state index contributed by atoms with van der Waals surface area (Å²) < 4.78 is 15.1. The van der Waals surface area contributed by atoms with Gasteiger partial charge in [0.15, 0.2) is 0 Å². The van der Waals surface area contributed by atoms with Gasteiger partial charge in [-0.25, -0.2) is 14.4 Å². The van der Waals surface area contributed by atoms with E-state index >= 15 is 0 Å². The number of hydrogen-bond acceptors (Lipinski definition) is 6. The van der Waals surface area contributed by atoms with Gasteiger partial charge in [0.1, 0.15) is 19.8 Å². The topological polar surface area (TPSA) is 78.9 Å². The van der Waals surface area contributed by atoms with Crippen LogP contribution in [0.25, 0.3) is 0 Å². The second kappa shape index (κ2) is 10.4. The van der Waals surface area contributed by atoms with Crippen molar-refractivity contribution < 1.29 is 28.6 Å². The fourth-order valence-corrected chi connectivity index (χ4v) is 1.72. The van der Waals surface area contributed by atoms with Crippen molar-refractivity contribution in [2.24, 2.45) is 5.41 Å². The summed E-state index contributed by atoms with van der Waals surface area (Å²) in [5.41, 5.74) is -0.829. The van der Waals surface area contributed by atoms with Crippen LogP contribution in [0.5, 0.6) is 0 Å². The molecule has 0 saturated carbocycles. The minimum Gasteiger partial charge on any atom is -0.462 e. The van der Waals surface area contributed by atoms with Crippen LogP contribution in [-0.4, -0.2) is 37.7 Å². The smallest absolute Gasteiger partial charge is 0.330 e. The predicted octanol–water partition coefficient (Wildman–Crippen LogP) is 1.96. The minimum absolute atomic E-state index is 0.0689. The first-order valence-electron chi connectivity index (χ1n) is 6.80. The van der Waals surface area contributed by atoms with Gasteiger partial charge in [-0.2, -0.15) is 0 Å². The Morgan fingerprint density at radius 1 is 0.818 bits per heavy atom. The maximum absolute atomic E-state index is 11.3. The number of esters is 3. The third-order valence-electron chi connectivity index (χ3n) is 2.84. The number of carbonyl (C=O) groups excluding carboxylic acids is 3. The first-order valence-corrected chi connectivity index (χ1v) is 6.80. The highest BCUT2D eigenvalue weighted by Gasteiger charge is 2.34. The monoisotopic (exact) mass is 310 g/mol. The Bertz CT molecular complexity index is 378. The van der Waals surface area contributed by atoms with Crippen molar-refractivity contribution in [1.82, 2.24) is 0 Å². The molecule has 0 saturated heterocycles. The van der Waals surface area contributed by atoms with E-state index in [1.54, 1.807) is 0 Å². The fraction of sp³-hybridized carbons (Fsp3) is 0.438. The van der Waals surface area contributed by atoms with Crippen LogP contribution in [0, 0.1) is 5.41 Å². The summed E-state index contributed by atoms with van der Waals surface area (Å²) in [6.07, 6.45) is 4.32. The molecule has 0 aromatic carbocycles. The highest BCUT2D eigenvalue weighted by atomic mass is 16.6. The second-order valence-electron chi connectivity index (χ2n) is 4.69. The molecule has 22 heavy (non-hydrogen) atoms. The summed E-state index contributed by atoms with van der Waals surface area (Å²) in [7, 11) is 0. The summed E-state index contributed by atoms with van der Waals surface area (Å²) in [5, 5.41) is 0. The van der Waals surface area contributed by atoms with Crippen molar-refractivity contribution in [1.29, 1.82) is 0 Å². The van der Waals surface area contributed by atoms with Crippen molar-refractivity contribution in [2.75, 3.05) is 19.8 Å². The minimum atomic E-state index is -0.829. The van der Waals surface area contributed by atoms with Crippen LogP contribution >= 0.6 is 0 Å². The van der Waals surface area contributed by atoms with Gasteiger partial charge in [0.05, 0.1) is 5.41 Å². The fourth-order valence-electron chi connectivity index (χ4n) is 1.72. The largest absolute Gasteiger partial charge is 0.462 e. The lowest BCUT2D eigenvalue weighted by atomic mass is 9.86. The van der Waals surface area contributed by atoms with E-state index in [-0.39, 0.29) is 19.8 Å². The average Bonchev–Trinajstić information content (AvgIpc) is 2.54. The molecule has 0 spiro atoms. The zero-order valence-corrected chi connectivity index (χ0v) is 12.8. The highest BCUT2D eigenvalue weighted by Crippen LogP contribution is 2.26. The maximum Gasteiger partial charge on any atom is 0.330 e. The Kier molecular flexibility index (Phi) is 9.25. The van der Waals surface area contributed by atoms with Gasteiger partial charge >= 0.3 is 17.9 Å². The average molecular weight is 310 g/mol. The van der Waals surface area contributed by atoms with Crippen molar-refractivity contribution >= 4 is 17.9 Å². The van der Waals surface area contributed by atoms with Crippen molar-refractivity contribution in [3.63, 3.8) is 0 Å². The van der Waals surface area contributed by atoms with Gasteiger partial charge < -0.3 is 14.2 Å². The second-order valence-corrected chi connectivity index (χ2v) is 4.69. The van der Waals surface area contributed by atoms with Crippen LogP contribution in [-0.2, 0) is 28.6 Å². The molecule has 0 N–H and O–H groups in total. The standard InChI is InChI=1S/C16H22O6/c1-5-9-16(10-20-13(17)6-2,11-21-14(18)7-3)12-22-15(19)8-4/h6-8H,2-5,9-12H2,1H3. The van der Waals surface area contributed by atoms with Crippen LogP contribution in [0.4, 0.5) is 0 Å². The van der Waals surface area contributed by atoms with Gasteiger partial charge in [-0.15, -0.1) is 0 Å². The highest BCUT2D eigenvalue weighted by molar-refractivity contribution is 5.82. The predicted molar refractivity (Wildman–Crippen MR) is 80.8 cm³/mol. The molecule has 0 bridgehead atoms. The SMILES string of the molecule is C=CC(=O)OCC(CCC)(COC(=O)C=C)COC(=O)C=C. The molecule has 0 rings (SSSR count). The molecular formula is C16H22O6. The molecule has 0 atom stereocenters. The summed E-state index contributed by atoms with van der Waals surface area (Å²) >= 11 is 0. The van der Waals surface area contributed by atoms with E-state index in [4.69, 9.17) is 14.2 Å². The third-order valence-corrected chi connectivity index (χ3v) is 2.84. The molecule has 0 aliphatic carbocycles. The van der Waals surface area contributed by atoms with E-state index < -0.39 is 23.3 Å². The van der Waals surface area contributed by atoms with E-state index in [9.17, 15) is 14.4 Å². The normalized spacial score (nSPS) is 10.2. The number of carbonyl (C=O) groups is 3. The van der Waals surface area contributed by atoms with E-state index in [0.717, 1.165) is 18.2 Å². The summed E-state index contributed by atoms with van der Waals surface area (Å²) in [5.74, 6) is -1.82. The Morgan fingerprint density at radius 3 is 1.36 bits per heavy atom. The summed E-state index contributed by atoms with van der Waals surface area (Å²) in [4.78, 5) is 33.8. The van der Waals surface area contributed by atoms with Crippen LogP contribution in [0.1, 0.15) is 19.8 Å². The number of rotatable bonds is 11. The zero-order valence-electron chi connectivity index (χ0n) is 12.8. The number of ether oxygens (including phenoxy) is 3. The van der Waals surface area contributed by atoms with E-state index in [1.165, 1.54) is 0 Å². The maximum atomic E-state index is 11.3. The van der Waals surface area contributed by atoms with Gasteiger partial charge in [-0.05, 0) is 6.42 Å². The zero-order chi connectivity index (χ0) is 17.0. The molecule has 0 unspecified atom stereocenters. The van der Waals surface area contributed by atoms with Crippen molar-refractivity contribution in [3.8, 4) is 0 Å². The van der Waals surface area contributed by atoms with Crippen molar-refractivity contribution in [2.45, 2.75) is 19.8 Å². The molecule has 6 nitrogen and oxygen atoms in total. The molecule has 0 radical (unpaired) electrons. The van der Waals surface area contributed by atoms with Crippen LogP contribution in [0.2, 0.25) is 0 Å². The molecule has 122 valence electrons. The molecule has 0 aliphatic heterocycles. The van der Waals surface area contributed by atoms with Gasteiger partial charge in [0.25, 0.3) is 0 Å². The molecule has 0 heterocycles. The molecule has 0 fully saturated rings. The summed E-state index contributed by atoms with van der Waals surface area (Å²) in [6, 6.07) is 0. The molecule has 0 aliphatic rings. The Hall–Kier alpha value is -2.37. The Morgan fingerprint density at radius 2 is 1.14 bits per heavy atom. The first-order chi connectivity index (χ1) is 10.4. The van der Waals surface area contributed by atoms with Gasteiger partial charge in [-0.3, -0.25) is 0 Å². The molecule has 0 amide bonds. The lowest BCUT2D eigenvalue weighted by Gasteiger charge is -2.31. The lowest BCUT2D eigenvalue weighted by Crippen LogP contribution is -2.39. The van der Waals surface area contributed by atoms with Crippen LogP contribution in [0.3, 0.4) is 0 Å². The van der Waals surface area contributed by atoms with E-state index in [0.29, 0.717) is 12.8 Å². The van der Waals surface area contributed by atoms with Crippen LogP contribution < -0.4 is 0 Å². The molecular weight excluding hydrogens is 288 g/mol. The van der Waals surface area contributed by atoms with E-state index in [1.807, 2.05) is 6.92 Å². The molecule has 6 heteroatoms. The molecule has 0 aromatic rings. The Labute approximate surface area is 130 Å². The van der Waals surface area contributed by atoms with Gasteiger partial charge in [-0.1, -0.05) is 33.1 Å². The quantitative estimate of drug-likeness (QED) is 0.330. The van der Waals surface area contributed by atoms with E-state index in [2.05, 4.69) is 19.7 Å². The van der Waals surface area contributed by atoms with Crippen molar-refractivity contribution in [3.05, 3.63) is 38.0 Å². The summed E-state index contributed by atoms with van der Waals surface area (Å²) in [6.45, 7) is 11.6. The lowest BCUT2D eigenvalue weighted by molar-refractivity contribution is -0.156. The third kappa shape index (κ3) is 7.42. The molecule has 0 aromatic heterocycles. The first kappa shape index (κ1) is 19.6. The van der Waals surface area contributed by atoms with Gasteiger partial charge in [0.2, 0.25) is 0 Å². The Balaban J connectivity index is 5.03. The number of hydrogen-bond donors (Lipinski definition) is 0. The van der Waals surface area contributed by atoms with Crippen LogP contribution in [0.15, 0.2) is 38.0 Å². The van der Waals surface area contributed by atoms with Gasteiger partial charge in [0, 0.05) is 18.2 Å².